The van der Waals surface area contributed by atoms with Gasteiger partial charge in [0.05, 0.1) is 11.1 Å². The summed E-state index contributed by atoms with van der Waals surface area (Å²) in [5.74, 6) is -0.913. The van der Waals surface area contributed by atoms with Gasteiger partial charge in [-0.3, -0.25) is 9.78 Å². The molecule has 1 fully saturated rings. The number of rotatable bonds is 5. The highest BCUT2D eigenvalue weighted by Crippen LogP contribution is 2.22. The third kappa shape index (κ3) is 4.43. The SMILES string of the molecule is CC(OC(=O)c1cccc2ncccc12)C(=O)Nc1ccc(N2CCCCC2)cc1. The number of hydrogen-bond acceptors (Lipinski definition) is 5. The minimum atomic E-state index is -0.925. The maximum atomic E-state index is 12.6. The van der Waals surface area contributed by atoms with Crippen LogP contribution in [0.4, 0.5) is 11.4 Å². The number of ether oxygens (including phenoxy) is 1. The number of carbonyl (C=O) groups is 2. The van der Waals surface area contributed by atoms with Gasteiger partial charge in [-0.2, -0.15) is 0 Å². The Labute approximate surface area is 175 Å². The summed E-state index contributed by atoms with van der Waals surface area (Å²) < 4.78 is 5.41. The standard InChI is InChI=1S/C24H25N3O3/c1-17(30-24(29)21-7-5-9-22-20(21)8-6-14-25-22)23(28)26-18-10-12-19(13-11-18)27-15-3-2-4-16-27/h5-14,17H,2-4,15-16H2,1H3,(H,26,28). The largest absolute Gasteiger partial charge is 0.449 e. The highest BCUT2D eigenvalue weighted by molar-refractivity contribution is 6.04. The molecule has 2 aromatic carbocycles. The molecule has 1 atom stereocenters. The molecular formula is C24H25N3O3. The maximum Gasteiger partial charge on any atom is 0.339 e. The quantitative estimate of drug-likeness (QED) is 0.639. The number of amides is 1. The van der Waals surface area contributed by atoms with Crippen LogP contribution in [0, 0.1) is 0 Å². The summed E-state index contributed by atoms with van der Waals surface area (Å²) >= 11 is 0. The van der Waals surface area contributed by atoms with E-state index in [1.807, 2.05) is 36.4 Å². The maximum absolute atomic E-state index is 12.6. The van der Waals surface area contributed by atoms with Crippen LogP contribution < -0.4 is 10.2 Å². The van der Waals surface area contributed by atoms with E-state index in [9.17, 15) is 9.59 Å². The van der Waals surface area contributed by atoms with Gasteiger partial charge in [0.15, 0.2) is 6.10 Å². The minimum absolute atomic E-state index is 0.368. The van der Waals surface area contributed by atoms with Gasteiger partial charge in [0.25, 0.3) is 5.91 Å². The van der Waals surface area contributed by atoms with E-state index >= 15 is 0 Å². The first-order valence-corrected chi connectivity index (χ1v) is 10.3. The summed E-state index contributed by atoms with van der Waals surface area (Å²) in [5.41, 5.74) is 2.94. The molecule has 2 heterocycles. The van der Waals surface area contributed by atoms with Crippen LogP contribution in [0.1, 0.15) is 36.5 Å². The normalized spacial score (nSPS) is 14.9. The molecule has 0 aliphatic carbocycles. The van der Waals surface area contributed by atoms with Crippen LogP contribution in [0.3, 0.4) is 0 Å². The number of hydrogen-bond donors (Lipinski definition) is 1. The fourth-order valence-electron chi connectivity index (χ4n) is 3.71. The number of anilines is 2. The summed E-state index contributed by atoms with van der Waals surface area (Å²) in [6, 6.07) is 16.6. The number of aromatic nitrogens is 1. The topological polar surface area (TPSA) is 71.5 Å². The average Bonchev–Trinajstić information content (AvgIpc) is 2.79. The van der Waals surface area contributed by atoms with Crippen molar-refractivity contribution in [3.63, 3.8) is 0 Å². The van der Waals surface area contributed by atoms with E-state index in [0.717, 1.165) is 18.8 Å². The van der Waals surface area contributed by atoms with Crippen molar-refractivity contribution < 1.29 is 14.3 Å². The number of pyridine rings is 1. The summed E-state index contributed by atoms with van der Waals surface area (Å²) in [6.07, 6.45) is 4.47. The zero-order chi connectivity index (χ0) is 20.9. The van der Waals surface area contributed by atoms with Gasteiger partial charge in [-0.15, -0.1) is 0 Å². The van der Waals surface area contributed by atoms with Gasteiger partial charge in [-0.1, -0.05) is 12.1 Å². The van der Waals surface area contributed by atoms with E-state index in [4.69, 9.17) is 4.74 Å². The van der Waals surface area contributed by atoms with Gasteiger partial charge in [-0.25, -0.2) is 4.79 Å². The number of carbonyl (C=O) groups excluding carboxylic acids is 2. The summed E-state index contributed by atoms with van der Waals surface area (Å²) in [7, 11) is 0. The molecular weight excluding hydrogens is 378 g/mol. The molecule has 0 bridgehead atoms. The molecule has 1 amide bonds. The van der Waals surface area contributed by atoms with Crippen molar-refractivity contribution in [3.05, 3.63) is 66.4 Å². The lowest BCUT2D eigenvalue weighted by Crippen LogP contribution is -2.30. The Bertz CT molecular complexity index is 1040. The highest BCUT2D eigenvalue weighted by atomic mass is 16.5. The number of piperidine rings is 1. The number of esters is 1. The predicted octanol–water partition coefficient (Wildman–Crippen LogP) is 4.41. The molecule has 1 aliphatic rings. The molecule has 3 aromatic rings. The molecule has 4 rings (SSSR count). The molecule has 1 unspecified atom stereocenters. The van der Waals surface area contributed by atoms with Crippen LogP contribution in [0.25, 0.3) is 10.9 Å². The van der Waals surface area contributed by atoms with Crippen LogP contribution in [0.15, 0.2) is 60.8 Å². The van der Waals surface area contributed by atoms with Crippen LogP contribution in [0.5, 0.6) is 0 Å². The number of fused-ring (bicyclic) bond motifs is 1. The molecule has 154 valence electrons. The molecule has 1 N–H and O–H groups in total. The van der Waals surface area contributed by atoms with Crippen molar-refractivity contribution >= 4 is 34.2 Å². The van der Waals surface area contributed by atoms with Crippen molar-refractivity contribution in [2.45, 2.75) is 32.3 Å². The number of nitrogens with one attached hydrogen (secondary N) is 1. The van der Waals surface area contributed by atoms with E-state index in [-0.39, 0.29) is 5.91 Å². The summed E-state index contributed by atoms with van der Waals surface area (Å²) in [4.78, 5) is 31.7. The number of benzene rings is 2. The Kier molecular flexibility index (Phi) is 5.93. The van der Waals surface area contributed by atoms with Crippen LogP contribution in [0.2, 0.25) is 0 Å². The first-order chi connectivity index (χ1) is 14.6. The Morgan fingerprint density at radius 3 is 2.53 bits per heavy atom. The van der Waals surface area contributed by atoms with Gasteiger partial charge in [-0.05, 0) is 68.7 Å². The smallest absolute Gasteiger partial charge is 0.339 e. The molecule has 0 radical (unpaired) electrons. The van der Waals surface area contributed by atoms with Gasteiger partial charge in [0.2, 0.25) is 0 Å². The Morgan fingerprint density at radius 1 is 1.00 bits per heavy atom. The predicted molar refractivity (Wildman–Crippen MR) is 118 cm³/mol. The molecule has 30 heavy (non-hydrogen) atoms. The zero-order valence-corrected chi connectivity index (χ0v) is 17.0. The second-order valence-corrected chi connectivity index (χ2v) is 7.51. The van der Waals surface area contributed by atoms with Crippen LogP contribution in [-0.2, 0) is 9.53 Å². The molecule has 0 spiro atoms. The van der Waals surface area contributed by atoms with E-state index in [0.29, 0.717) is 22.2 Å². The molecule has 1 aromatic heterocycles. The summed E-state index contributed by atoms with van der Waals surface area (Å²) in [5, 5.41) is 3.52. The minimum Gasteiger partial charge on any atom is -0.449 e. The van der Waals surface area contributed by atoms with E-state index in [2.05, 4.69) is 15.2 Å². The second-order valence-electron chi connectivity index (χ2n) is 7.51. The molecule has 1 aliphatic heterocycles. The van der Waals surface area contributed by atoms with Crippen molar-refractivity contribution in [2.24, 2.45) is 0 Å². The lowest BCUT2D eigenvalue weighted by Gasteiger charge is -2.28. The fraction of sp³-hybridized carbons (Fsp3) is 0.292. The Hall–Kier alpha value is -3.41. The Balaban J connectivity index is 1.38. The van der Waals surface area contributed by atoms with Gasteiger partial charge in [0.1, 0.15) is 0 Å². The monoisotopic (exact) mass is 403 g/mol. The second kappa shape index (κ2) is 8.95. The lowest BCUT2D eigenvalue weighted by molar-refractivity contribution is -0.123. The van der Waals surface area contributed by atoms with Gasteiger partial charge in [0, 0.05) is 36.0 Å². The first kappa shape index (κ1) is 19.9. The van der Waals surface area contributed by atoms with Crippen molar-refractivity contribution in [1.82, 2.24) is 4.98 Å². The average molecular weight is 403 g/mol. The summed E-state index contributed by atoms with van der Waals surface area (Å²) in [6.45, 7) is 3.71. The van der Waals surface area contributed by atoms with E-state index < -0.39 is 12.1 Å². The fourth-order valence-corrected chi connectivity index (χ4v) is 3.71. The van der Waals surface area contributed by atoms with Crippen molar-refractivity contribution in [2.75, 3.05) is 23.3 Å². The van der Waals surface area contributed by atoms with Gasteiger partial charge >= 0.3 is 5.97 Å². The third-order valence-electron chi connectivity index (χ3n) is 5.37. The number of nitrogens with zero attached hydrogens (tertiary/aromatic N) is 2. The zero-order valence-electron chi connectivity index (χ0n) is 17.0. The molecule has 6 nitrogen and oxygen atoms in total. The van der Waals surface area contributed by atoms with Gasteiger partial charge < -0.3 is 15.0 Å². The Morgan fingerprint density at radius 2 is 1.77 bits per heavy atom. The van der Waals surface area contributed by atoms with Crippen molar-refractivity contribution in [3.8, 4) is 0 Å². The lowest BCUT2D eigenvalue weighted by atomic mass is 10.1. The first-order valence-electron chi connectivity index (χ1n) is 10.3. The van der Waals surface area contributed by atoms with E-state index in [1.165, 1.54) is 19.3 Å². The van der Waals surface area contributed by atoms with E-state index in [1.54, 1.807) is 31.3 Å². The third-order valence-corrected chi connectivity index (χ3v) is 5.37. The van der Waals surface area contributed by atoms with Crippen molar-refractivity contribution in [1.29, 1.82) is 0 Å². The highest BCUT2D eigenvalue weighted by Gasteiger charge is 2.20. The van der Waals surface area contributed by atoms with Crippen LogP contribution in [-0.4, -0.2) is 36.1 Å². The molecule has 1 saturated heterocycles. The van der Waals surface area contributed by atoms with Crippen LogP contribution >= 0.6 is 0 Å². The molecule has 0 saturated carbocycles. The molecule has 6 heteroatoms.